The molecule has 0 fully saturated rings. The third-order valence-electron chi connectivity index (χ3n) is 3.54. The molecule has 0 N–H and O–H groups in total. The first kappa shape index (κ1) is 20.8. The number of carbonyl (C=O) groups excluding carboxylic acids is 1. The highest BCUT2D eigenvalue weighted by Crippen LogP contribution is 2.41. The topological polar surface area (TPSA) is 62.6 Å². The lowest BCUT2D eigenvalue weighted by Gasteiger charge is -2.13. The van der Waals surface area contributed by atoms with Gasteiger partial charge < -0.3 is 14.2 Å². The zero-order chi connectivity index (χ0) is 20.2. The first-order valence-corrected chi connectivity index (χ1v) is 8.32. The summed E-state index contributed by atoms with van der Waals surface area (Å²) in [6.07, 6.45) is -3.45. The van der Waals surface area contributed by atoms with Crippen molar-refractivity contribution in [2.75, 3.05) is 14.2 Å². The number of aromatic nitrogens is 2. The number of hydrogen-bond acceptors (Lipinski definition) is 5. The van der Waals surface area contributed by atoms with Crippen molar-refractivity contribution in [3.05, 3.63) is 51.8 Å². The van der Waals surface area contributed by atoms with Gasteiger partial charge in [0.15, 0.2) is 5.56 Å². The van der Waals surface area contributed by atoms with Crippen LogP contribution in [0, 0.1) is 0 Å². The zero-order valence-electron chi connectivity index (χ0n) is 14.6. The minimum absolute atomic E-state index is 0.109. The molecule has 0 saturated carbocycles. The van der Waals surface area contributed by atoms with Crippen LogP contribution in [0.15, 0.2) is 35.1 Å². The summed E-state index contributed by atoms with van der Waals surface area (Å²) in [6, 6.07) is 6.57. The molecule has 0 amide bonds. The van der Waals surface area contributed by atoms with Crippen LogP contribution >= 0.6 is 15.9 Å². The third kappa shape index (κ3) is 4.62. The van der Waals surface area contributed by atoms with E-state index in [0.29, 0.717) is 11.1 Å². The van der Waals surface area contributed by atoms with E-state index in [-0.39, 0.29) is 16.8 Å². The minimum atomic E-state index is -4.64. The molecule has 0 saturated heterocycles. The highest BCUT2D eigenvalue weighted by atomic mass is 79.9. The normalized spacial score (nSPS) is 12.0. The van der Waals surface area contributed by atoms with Crippen LogP contribution in [-0.4, -0.2) is 30.0 Å². The second-order valence-corrected chi connectivity index (χ2v) is 6.05. The van der Waals surface area contributed by atoms with E-state index in [4.69, 9.17) is 14.2 Å². The van der Waals surface area contributed by atoms with Crippen molar-refractivity contribution in [2.45, 2.75) is 12.8 Å². The summed E-state index contributed by atoms with van der Waals surface area (Å²) in [4.78, 5) is 12.0. The van der Waals surface area contributed by atoms with Crippen LogP contribution in [0.1, 0.15) is 16.7 Å². The van der Waals surface area contributed by atoms with E-state index in [1.54, 1.807) is 24.3 Å². The number of ether oxygens (including phenoxy) is 3. The molecule has 0 unspecified atom stereocenters. The molecule has 27 heavy (non-hydrogen) atoms. The molecule has 0 spiro atoms. The van der Waals surface area contributed by atoms with E-state index in [0.717, 1.165) is 4.68 Å². The van der Waals surface area contributed by atoms with Gasteiger partial charge in [0, 0.05) is 7.05 Å². The molecule has 146 valence electrons. The first-order valence-electron chi connectivity index (χ1n) is 7.52. The van der Waals surface area contributed by atoms with Crippen molar-refractivity contribution >= 4 is 27.5 Å². The van der Waals surface area contributed by atoms with E-state index in [2.05, 4.69) is 21.0 Å². The SMILES string of the molecule is CO/C=C(/C(=O)OC)c1ccccc1COc1nn(C)c(Br)c1C(F)(F)F. The summed E-state index contributed by atoms with van der Waals surface area (Å²) in [5.41, 5.74) is -0.0311. The molecule has 0 radical (unpaired) electrons. The number of methoxy groups -OCH3 is 2. The highest BCUT2D eigenvalue weighted by Gasteiger charge is 2.40. The van der Waals surface area contributed by atoms with Crippen LogP contribution in [0.25, 0.3) is 5.57 Å². The van der Waals surface area contributed by atoms with E-state index in [1.807, 2.05) is 0 Å². The van der Waals surface area contributed by atoms with Crippen molar-refractivity contribution in [3.63, 3.8) is 0 Å². The van der Waals surface area contributed by atoms with Crippen molar-refractivity contribution in [3.8, 4) is 5.88 Å². The van der Waals surface area contributed by atoms with Gasteiger partial charge in [-0.2, -0.15) is 13.2 Å². The average molecular weight is 449 g/mol. The van der Waals surface area contributed by atoms with Crippen LogP contribution in [0.2, 0.25) is 0 Å². The molecule has 2 rings (SSSR count). The van der Waals surface area contributed by atoms with E-state index in [1.165, 1.54) is 27.5 Å². The van der Waals surface area contributed by atoms with Gasteiger partial charge in [-0.05, 0) is 27.1 Å². The number of benzene rings is 1. The molecule has 10 heteroatoms. The van der Waals surface area contributed by atoms with Gasteiger partial charge in [0.05, 0.1) is 20.5 Å². The molecule has 0 bridgehead atoms. The van der Waals surface area contributed by atoms with Crippen molar-refractivity contribution in [1.29, 1.82) is 0 Å². The maximum atomic E-state index is 13.3. The Labute approximate surface area is 161 Å². The Bertz CT molecular complexity index is 862. The van der Waals surface area contributed by atoms with Crippen molar-refractivity contribution in [1.82, 2.24) is 9.78 Å². The Morgan fingerprint density at radius 1 is 1.30 bits per heavy atom. The average Bonchev–Trinajstić information content (AvgIpc) is 2.91. The molecular weight excluding hydrogens is 433 g/mol. The summed E-state index contributed by atoms with van der Waals surface area (Å²) >= 11 is 2.86. The van der Waals surface area contributed by atoms with Crippen LogP contribution in [0.4, 0.5) is 13.2 Å². The Balaban J connectivity index is 2.38. The smallest absolute Gasteiger partial charge is 0.424 e. The first-order chi connectivity index (χ1) is 12.7. The molecule has 2 aromatic rings. The van der Waals surface area contributed by atoms with Gasteiger partial charge in [-0.25, -0.2) is 4.79 Å². The van der Waals surface area contributed by atoms with Gasteiger partial charge in [-0.15, -0.1) is 5.10 Å². The van der Waals surface area contributed by atoms with Crippen molar-refractivity contribution < 1.29 is 32.2 Å². The molecular formula is C17H16BrF3N2O4. The molecule has 0 aliphatic heterocycles. The second kappa shape index (κ2) is 8.47. The van der Waals surface area contributed by atoms with Gasteiger partial charge in [0.2, 0.25) is 5.88 Å². The zero-order valence-corrected chi connectivity index (χ0v) is 16.2. The number of esters is 1. The lowest BCUT2D eigenvalue weighted by Crippen LogP contribution is -2.10. The van der Waals surface area contributed by atoms with E-state index in [9.17, 15) is 18.0 Å². The fourth-order valence-corrected chi connectivity index (χ4v) is 2.80. The maximum Gasteiger partial charge on any atom is 0.424 e. The monoisotopic (exact) mass is 448 g/mol. The lowest BCUT2D eigenvalue weighted by molar-refractivity contribution is -0.139. The molecule has 6 nitrogen and oxygen atoms in total. The van der Waals surface area contributed by atoms with Crippen molar-refractivity contribution in [2.24, 2.45) is 7.05 Å². The van der Waals surface area contributed by atoms with Gasteiger partial charge in [-0.3, -0.25) is 4.68 Å². The molecule has 0 aliphatic carbocycles. The summed E-state index contributed by atoms with van der Waals surface area (Å²) in [6.45, 7) is -0.249. The summed E-state index contributed by atoms with van der Waals surface area (Å²) < 4.78 is 55.5. The maximum absolute atomic E-state index is 13.3. The Morgan fingerprint density at radius 2 is 1.96 bits per heavy atom. The van der Waals surface area contributed by atoms with Gasteiger partial charge in [0.25, 0.3) is 0 Å². The fraction of sp³-hybridized carbons (Fsp3) is 0.294. The number of aryl methyl sites for hydroxylation is 1. The fourth-order valence-electron chi connectivity index (χ4n) is 2.32. The van der Waals surface area contributed by atoms with Crippen LogP contribution in [0.3, 0.4) is 0 Å². The number of halogens is 4. The predicted octanol–water partition coefficient (Wildman–Crippen LogP) is 3.94. The predicted molar refractivity (Wildman–Crippen MR) is 93.7 cm³/mol. The quantitative estimate of drug-likeness (QED) is 0.380. The van der Waals surface area contributed by atoms with E-state index < -0.39 is 23.6 Å². The van der Waals surface area contributed by atoms with E-state index >= 15 is 0 Å². The minimum Gasteiger partial charge on any atom is -0.503 e. The molecule has 1 aromatic heterocycles. The Hall–Kier alpha value is -2.49. The third-order valence-corrected chi connectivity index (χ3v) is 4.45. The largest absolute Gasteiger partial charge is 0.503 e. The van der Waals surface area contributed by atoms with Gasteiger partial charge >= 0.3 is 12.1 Å². The second-order valence-electron chi connectivity index (χ2n) is 5.30. The standard InChI is InChI=1S/C17H16BrF3N2O4/c1-23-14(18)13(17(19,20)21)15(22-23)27-8-10-6-4-5-7-11(10)12(9-25-2)16(24)26-3/h4-7,9H,8H2,1-3H3/b12-9+. The summed E-state index contributed by atoms with van der Waals surface area (Å²) in [7, 11) is 3.94. The Morgan fingerprint density at radius 3 is 2.56 bits per heavy atom. The molecule has 0 aliphatic rings. The van der Waals surface area contributed by atoms with Gasteiger partial charge in [-0.1, -0.05) is 24.3 Å². The number of hydrogen-bond donors (Lipinski definition) is 0. The van der Waals surface area contributed by atoms with Crippen LogP contribution < -0.4 is 4.74 Å². The molecule has 1 aromatic carbocycles. The number of nitrogens with zero attached hydrogens (tertiary/aromatic N) is 2. The summed E-state index contributed by atoms with van der Waals surface area (Å²) in [5.74, 6) is -1.22. The van der Waals surface area contributed by atoms with Crippen LogP contribution in [-0.2, 0) is 34.1 Å². The van der Waals surface area contributed by atoms with Gasteiger partial charge in [0.1, 0.15) is 16.8 Å². The number of rotatable bonds is 6. The molecule has 0 atom stereocenters. The number of carbonyl (C=O) groups is 1. The molecule has 1 heterocycles. The van der Waals surface area contributed by atoms with Crippen LogP contribution in [0.5, 0.6) is 5.88 Å². The lowest BCUT2D eigenvalue weighted by atomic mass is 10.0. The summed E-state index contributed by atoms with van der Waals surface area (Å²) in [5, 5.41) is 3.75. The Kier molecular flexibility index (Phi) is 6.53. The highest BCUT2D eigenvalue weighted by molar-refractivity contribution is 9.10. The number of alkyl halides is 3.